The maximum Gasteiger partial charge on any atom is 0.223 e. The average molecular weight is 376 g/mol. The smallest absolute Gasteiger partial charge is 0.223 e. The fraction of sp³-hybridized carbons (Fsp3) is 0.636. The van der Waals surface area contributed by atoms with Crippen molar-refractivity contribution < 1.29 is 9.59 Å². The van der Waals surface area contributed by atoms with Gasteiger partial charge in [-0.3, -0.25) is 9.59 Å². The lowest BCUT2D eigenvalue weighted by molar-refractivity contribution is -0.148. The van der Waals surface area contributed by atoms with Crippen molar-refractivity contribution in [2.45, 2.75) is 76.2 Å². The molecule has 2 aliphatic rings. The lowest BCUT2D eigenvalue weighted by Gasteiger charge is -2.44. The maximum absolute atomic E-state index is 13.1. The minimum Gasteiger partial charge on any atom is -0.329 e. The van der Waals surface area contributed by atoms with E-state index in [2.05, 4.69) is 0 Å². The average Bonchev–Trinajstić information content (AvgIpc) is 2.67. The molecule has 2 saturated carbocycles. The van der Waals surface area contributed by atoms with Crippen LogP contribution in [0.2, 0.25) is 5.02 Å². The number of nitrogens with zero attached hydrogens (tertiary/aromatic N) is 1. The number of benzene rings is 1. The highest BCUT2D eigenvalue weighted by atomic mass is 35.5. The van der Waals surface area contributed by atoms with Crippen LogP contribution in [0.4, 0.5) is 0 Å². The molecule has 2 aliphatic carbocycles. The molecule has 0 radical (unpaired) electrons. The zero-order valence-electron chi connectivity index (χ0n) is 15.8. The van der Waals surface area contributed by atoms with Gasteiger partial charge in [-0.1, -0.05) is 61.9 Å². The Bertz CT molecular complexity index is 653. The van der Waals surface area contributed by atoms with Gasteiger partial charge in [-0.15, -0.1) is 0 Å². The molecule has 0 N–H and O–H groups in total. The summed E-state index contributed by atoms with van der Waals surface area (Å²) in [5.74, 6) is 0.871. The zero-order valence-corrected chi connectivity index (χ0v) is 16.6. The monoisotopic (exact) mass is 375 g/mol. The molecule has 2 fully saturated rings. The quantitative estimate of drug-likeness (QED) is 0.681. The van der Waals surface area contributed by atoms with Crippen molar-refractivity contribution in [3.8, 4) is 0 Å². The highest BCUT2D eigenvalue weighted by Crippen LogP contribution is 2.42. The first kappa shape index (κ1) is 19.4. The van der Waals surface area contributed by atoms with Gasteiger partial charge in [0.2, 0.25) is 5.91 Å². The van der Waals surface area contributed by atoms with Crippen LogP contribution in [0.5, 0.6) is 0 Å². The topological polar surface area (TPSA) is 37.4 Å². The molecule has 0 bridgehead atoms. The first-order valence-corrected chi connectivity index (χ1v) is 10.5. The van der Waals surface area contributed by atoms with Gasteiger partial charge in [-0.25, -0.2) is 0 Å². The maximum atomic E-state index is 13.1. The Kier molecular flexibility index (Phi) is 6.39. The van der Waals surface area contributed by atoms with Gasteiger partial charge in [-0.05, 0) is 37.7 Å². The molecule has 1 aromatic rings. The van der Waals surface area contributed by atoms with Crippen LogP contribution in [0.3, 0.4) is 0 Å². The van der Waals surface area contributed by atoms with Crippen LogP contribution in [0.25, 0.3) is 0 Å². The van der Waals surface area contributed by atoms with Crippen molar-refractivity contribution in [2.24, 2.45) is 5.92 Å². The van der Waals surface area contributed by atoms with Crippen LogP contribution in [0, 0.1) is 5.92 Å². The van der Waals surface area contributed by atoms with Gasteiger partial charge >= 0.3 is 0 Å². The molecular formula is C22H30ClNO2. The van der Waals surface area contributed by atoms with Crippen molar-refractivity contribution in [1.29, 1.82) is 0 Å². The summed E-state index contributed by atoms with van der Waals surface area (Å²) in [4.78, 5) is 27.8. The Morgan fingerprint density at radius 3 is 2.58 bits per heavy atom. The van der Waals surface area contributed by atoms with Gasteiger partial charge in [0.15, 0.2) is 5.78 Å². The van der Waals surface area contributed by atoms with Crippen LogP contribution in [0.15, 0.2) is 24.3 Å². The number of amides is 1. The summed E-state index contributed by atoms with van der Waals surface area (Å²) in [6.07, 6.45) is 10.9. The van der Waals surface area contributed by atoms with E-state index in [-0.39, 0.29) is 11.7 Å². The molecule has 0 aromatic heterocycles. The lowest BCUT2D eigenvalue weighted by atomic mass is 9.74. The highest BCUT2D eigenvalue weighted by Gasteiger charge is 2.47. The molecule has 0 saturated heterocycles. The molecule has 1 atom stereocenters. The Balaban J connectivity index is 1.81. The van der Waals surface area contributed by atoms with E-state index < -0.39 is 5.54 Å². The summed E-state index contributed by atoms with van der Waals surface area (Å²) in [5, 5.41) is 0.578. The second-order valence-corrected chi connectivity index (χ2v) is 8.37. The van der Waals surface area contributed by atoms with Crippen molar-refractivity contribution in [1.82, 2.24) is 4.90 Å². The fourth-order valence-corrected chi connectivity index (χ4v) is 5.11. The summed E-state index contributed by atoms with van der Waals surface area (Å²) >= 11 is 6.47. The predicted molar refractivity (Wildman–Crippen MR) is 105 cm³/mol. The minimum absolute atomic E-state index is 0.0748. The second kappa shape index (κ2) is 8.56. The Hall–Kier alpha value is -1.35. The molecule has 0 unspecified atom stereocenters. The number of carbonyl (C=O) groups excluding carboxylic acids is 2. The van der Waals surface area contributed by atoms with E-state index in [0.29, 0.717) is 30.2 Å². The Labute approximate surface area is 162 Å². The number of halogens is 1. The Morgan fingerprint density at radius 2 is 1.88 bits per heavy atom. The normalized spacial score (nSPS) is 24.5. The third-order valence-corrected chi connectivity index (χ3v) is 6.74. The van der Waals surface area contributed by atoms with Crippen molar-refractivity contribution in [2.75, 3.05) is 7.05 Å². The minimum atomic E-state index is -0.889. The summed E-state index contributed by atoms with van der Waals surface area (Å²) < 4.78 is 0. The molecule has 26 heavy (non-hydrogen) atoms. The Morgan fingerprint density at radius 1 is 1.15 bits per heavy atom. The van der Waals surface area contributed by atoms with Gasteiger partial charge in [-0.2, -0.15) is 0 Å². The number of ketones is 1. The van der Waals surface area contributed by atoms with E-state index in [1.165, 1.54) is 32.1 Å². The molecule has 3 nitrogen and oxygen atoms in total. The van der Waals surface area contributed by atoms with Crippen LogP contribution >= 0.6 is 11.6 Å². The van der Waals surface area contributed by atoms with Crippen LogP contribution in [-0.4, -0.2) is 23.6 Å². The van der Waals surface area contributed by atoms with E-state index >= 15 is 0 Å². The largest absolute Gasteiger partial charge is 0.329 e. The standard InChI is InChI=1S/C22H30ClNO2/c1-24(21(26)15-14-17-9-3-2-4-10-17)22(16-8-7-13-20(22)25)18-11-5-6-12-19(18)23/h5-6,11-12,17H,2-4,7-10,13-16H2,1H3/t22-/m0/s1. The fourth-order valence-electron chi connectivity index (χ4n) is 4.81. The van der Waals surface area contributed by atoms with E-state index in [9.17, 15) is 9.59 Å². The summed E-state index contributed by atoms with van der Waals surface area (Å²) in [5.41, 5.74) is -0.0971. The first-order chi connectivity index (χ1) is 12.6. The van der Waals surface area contributed by atoms with Crippen molar-refractivity contribution in [3.63, 3.8) is 0 Å². The molecule has 0 spiro atoms. The van der Waals surface area contributed by atoms with Gasteiger partial charge < -0.3 is 4.90 Å². The van der Waals surface area contributed by atoms with Gasteiger partial charge in [0.25, 0.3) is 0 Å². The number of hydrogen-bond acceptors (Lipinski definition) is 2. The van der Waals surface area contributed by atoms with Gasteiger partial charge in [0.05, 0.1) is 0 Å². The van der Waals surface area contributed by atoms with E-state index in [1.807, 2.05) is 24.3 Å². The molecule has 0 heterocycles. The number of hydrogen-bond donors (Lipinski definition) is 0. The van der Waals surface area contributed by atoms with Crippen LogP contribution in [-0.2, 0) is 15.1 Å². The van der Waals surface area contributed by atoms with E-state index in [4.69, 9.17) is 11.6 Å². The number of rotatable bonds is 5. The highest BCUT2D eigenvalue weighted by molar-refractivity contribution is 6.31. The zero-order chi connectivity index (χ0) is 18.6. The van der Waals surface area contributed by atoms with Gasteiger partial charge in [0, 0.05) is 30.5 Å². The molecule has 1 aromatic carbocycles. The van der Waals surface area contributed by atoms with E-state index in [1.54, 1.807) is 11.9 Å². The lowest BCUT2D eigenvalue weighted by Crippen LogP contribution is -2.54. The van der Waals surface area contributed by atoms with Crippen molar-refractivity contribution in [3.05, 3.63) is 34.9 Å². The van der Waals surface area contributed by atoms with Crippen LogP contribution < -0.4 is 0 Å². The summed E-state index contributed by atoms with van der Waals surface area (Å²) in [6.45, 7) is 0. The summed E-state index contributed by atoms with van der Waals surface area (Å²) in [7, 11) is 1.80. The third kappa shape index (κ3) is 3.83. The second-order valence-electron chi connectivity index (χ2n) is 7.97. The molecular weight excluding hydrogens is 346 g/mol. The molecule has 0 aliphatic heterocycles. The number of carbonyl (C=O) groups is 2. The number of likely N-dealkylation sites (N-methyl/N-ethyl adjacent to an activating group) is 1. The molecule has 142 valence electrons. The van der Waals surface area contributed by atoms with Gasteiger partial charge in [0.1, 0.15) is 5.54 Å². The third-order valence-electron chi connectivity index (χ3n) is 6.41. The molecule has 4 heteroatoms. The van der Waals surface area contributed by atoms with Crippen molar-refractivity contribution >= 4 is 23.3 Å². The first-order valence-electron chi connectivity index (χ1n) is 10.1. The van der Waals surface area contributed by atoms with E-state index in [0.717, 1.165) is 24.8 Å². The SMILES string of the molecule is CN(C(=O)CCC1CCCCC1)[C@]1(c2ccccc2Cl)CCCCC1=O. The predicted octanol–water partition coefficient (Wildman–Crippen LogP) is 5.50. The number of Topliss-reactive ketones (excluding diaryl/α,β-unsaturated/α-hetero) is 1. The summed E-state index contributed by atoms with van der Waals surface area (Å²) in [6, 6.07) is 7.51. The van der Waals surface area contributed by atoms with Crippen LogP contribution in [0.1, 0.15) is 76.2 Å². The molecule has 3 rings (SSSR count). The molecule has 1 amide bonds.